The van der Waals surface area contributed by atoms with E-state index < -0.39 is 22.5 Å². The minimum atomic E-state index is -1.07. The number of anilines is 1. The number of halogens is 2. The van der Waals surface area contributed by atoms with Crippen molar-refractivity contribution in [3.8, 4) is 5.75 Å². The highest BCUT2D eigenvalue weighted by Gasteiger charge is 2.05. The fourth-order valence-electron chi connectivity index (χ4n) is 0.695. The molecule has 66 valence electrons. The maximum absolute atomic E-state index is 12.6. The zero-order chi connectivity index (χ0) is 9.30. The van der Waals surface area contributed by atoms with E-state index in [9.17, 15) is 9.50 Å². The largest absolute Gasteiger partial charge is 0.869 e. The molecule has 0 aliphatic carbocycles. The van der Waals surface area contributed by atoms with E-state index in [0.717, 1.165) is 12.1 Å². The summed E-state index contributed by atoms with van der Waals surface area (Å²) in [5, 5.41) is 27.3. The lowest BCUT2D eigenvalue weighted by atomic mass is 10.3. The molecule has 12 heavy (non-hydrogen) atoms. The van der Waals surface area contributed by atoms with E-state index in [0.29, 0.717) is 0 Å². The first kappa shape index (κ1) is 9.24. The van der Waals surface area contributed by atoms with E-state index in [-0.39, 0.29) is 4.47 Å². The van der Waals surface area contributed by atoms with Crippen molar-refractivity contribution in [2.24, 2.45) is 0 Å². The van der Waals surface area contributed by atoms with Crippen LogP contribution in [-0.2, 0) is 0 Å². The van der Waals surface area contributed by atoms with Crippen molar-refractivity contribution in [1.82, 2.24) is 0 Å². The minimum Gasteiger partial charge on any atom is -0.869 e. The Morgan fingerprint density at radius 2 is 2.00 bits per heavy atom. The van der Waals surface area contributed by atoms with E-state index in [1.54, 1.807) is 0 Å². The Balaban J connectivity index is 3.28. The second-order valence-corrected chi connectivity index (χ2v) is 2.94. The number of hydrogen-bond acceptors (Lipinski definition) is 4. The molecule has 1 rings (SSSR count). The van der Waals surface area contributed by atoms with Gasteiger partial charge < -0.3 is 5.11 Å². The van der Waals surface area contributed by atoms with Crippen LogP contribution in [0.1, 0.15) is 0 Å². The van der Waals surface area contributed by atoms with Gasteiger partial charge in [0.25, 0.3) is 0 Å². The SMILES string of the molecule is [O-]c1c(F)cc(Br)cc1N(O)O. The van der Waals surface area contributed by atoms with E-state index >= 15 is 0 Å². The molecule has 0 fully saturated rings. The highest BCUT2D eigenvalue weighted by atomic mass is 79.9. The summed E-state index contributed by atoms with van der Waals surface area (Å²) in [7, 11) is 0. The van der Waals surface area contributed by atoms with Gasteiger partial charge in [-0.3, -0.25) is 10.4 Å². The van der Waals surface area contributed by atoms with E-state index in [1.165, 1.54) is 0 Å². The summed E-state index contributed by atoms with van der Waals surface area (Å²) in [5.41, 5.74) is -0.540. The van der Waals surface area contributed by atoms with Gasteiger partial charge in [-0.15, -0.1) is 5.23 Å². The predicted molar refractivity (Wildman–Crippen MR) is 39.6 cm³/mol. The van der Waals surface area contributed by atoms with Gasteiger partial charge in [-0.05, 0) is 17.9 Å². The third-order valence-electron chi connectivity index (χ3n) is 1.20. The summed E-state index contributed by atoms with van der Waals surface area (Å²) in [6, 6.07) is 2.03. The molecule has 0 spiro atoms. The molecule has 2 N–H and O–H groups in total. The standard InChI is InChI=1S/C6H5BrFNO3/c7-3-1-4(8)6(10)5(2-3)9(11)12/h1-2,10-12H/p-1. The van der Waals surface area contributed by atoms with Crippen molar-refractivity contribution in [3.05, 3.63) is 22.4 Å². The second-order valence-electron chi connectivity index (χ2n) is 2.03. The quantitative estimate of drug-likeness (QED) is 0.721. The Bertz CT molecular complexity index is 305. The molecule has 0 aliphatic rings. The molecule has 6 heteroatoms. The first-order valence-corrected chi connectivity index (χ1v) is 3.65. The molecule has 0 atom stereocenters. The number of hydrogen-bond donors (Lipinski definition) is 2. The number of nitrogens with zero attached hydrogens (tertiary/aromatic N) is 1. The molecule has 0 bridgehead atoms. The first-order chi connectivity index (χ1) is 5.52. The van der Waals surface area contributed by atoms with Crippen molar-refractivity contribution < 1.29 is 19.9 Å². The summed E-state index contributed by atoms with van der Waals surface area (Å²) in [6.07, 6.45) is 0. The van der Waals surface area contributed by atoms with Crippen LogP contribution in [0.25, 0.3) is 0 Å². The monoisotopic (exact) mass is 236 g/mol. The van der Waals surface area contributed by atoms with Gasteiger partial charge in [0.15, 0.2) is 0 Å². The number of benzene rings is 1. The van der Waals surface area contributed by atoms with Crippen LogP contribution in [0, 0.1) is 5.82 Å². The van der Waals surface area contributed by atoms with Crippen molar-refractivity contribution in [2.75, 3.05) is 5.23 Å². The van der Waals surface area contributed by atoms with Gasteiger partial charge in [0.2, 0.25) is 0 Å². The van der Waals surface area contributed by atoms with Crippen molar-refractivity contribution in [2.45, 2.75) is 0 Å². The van der Waals surface area contributed by atoms with Gasteiger partial charge >= 0.3 is 0 Å². The molecule has 0 aliphatic heterocycles. The zero-order valence-corrected chi connectivity index (χ0v) is 7.25. The van der Waals surface area contributed by atoms with Gasteiger partial charge in [0.1, 0.15) is 5.82 Å². The molecule has 0 aromatic heterocycles. The first-order valence-electron chi connectivity index (χ1n) is 2.86. The lowest BCUT2D eigenvalue weighted by Gasteiger charge is -2.17. The molecular weight excluding hydrogens is 233 g/mol. The van der Waals surface area contributed by atoms with Crippen molar-refractivity contribution in [3.63, 3.8) is 0 Å². The molecule has 1 aromatic rings. The topological polar surface area (TPSA) is 66.8 Å². The Hall–Kier alpha value is -0.850. The average Bonchev–Trinajstić information content (AvgIpc) is 1.96. The molecule has 0 unspecified atom stereocenters. The Morgan fingerprint density at radius 3 is 2.50 bits per heavy atom. The van der Waals surface area contributed by atoms with Crippen molar-refractivity contribution >= 4 is 21.6 Å². The maximum atomic E-state index is 12.6. The number of rotatable bonds is 1. The lowest BCUT2D eigenvalue weighted by molar-refractivity contribution is -0.272. The summed E-state index contributed by atoms with van der Waals surface area (Å²) in [4.78, 5) is 0. The highest BCUT2D eigenvalue weighted by Crippen LogP contribution is 2.29. The predicted octanol–water partition coefficient (Wildman–Crippen LogP) is 1.25. The molecule has 0 saturated heterocycles. The Kier molecular flexibility index (Phi) is 2.51. The third-order valence-corrected chi connectivity index (χ3v) is 1.66. The van der Waals surface area contributed by atoms with E-state index in [4.69, 9.17) is 10.4 Å². The van der Waals surface area contributed by atoms with Crippen LogP contribution < -0.4 is 10.3 Å². The van der Waals surface area contributed by atoms with Gasteiger partial charge in [-0.1, -0.05) is 15.9 Å². The molecule has 0 heterocycles. The van der Waals surface area contributed by atoms with Gasteiger partial charge in [-0.2, -0.15) is 0 Å². The zero-order valence-electron chi connectivity index (χ0n) is 5.66. The molecule has 0 amide bonds. The minimum absolute atomic E-state index is 0.253. The van der Waals surface area contributed by atoms with Gasteiger partial charge in [-0.25, -0.2) is 4.39 Å². The van der Waals surface area contributed by atoms with E-state index in [2.05, 4.69) is 15.9 Å². The third kappa shape index (κ3) is 1.66. The summed E-state index contributed by atoms with van der Waals surface area (Å²) >= 11 is 2.89. The van der Waals surface area contributed by atoms with Crippen molar-refractivity contribution in [1.29, 1.82) is 0 Å². The van der Waals surface area contributed by atoms with Crippen LogP contribution in [0.4, 0.5) is 10.1 Å². The fourth-order valence-corrected chi connectivity index (χ4v) is 1.11. The maximum Gasteiger partial charge on any atom is 0.118 e. The summed E-state index contributed by atoms with van der Waals surface area (Å²) < 4.78 is 12.9. The van der Waals surface area contributed by atoms with Gasteiger partial charge in [0, 0.05) is 4.47 Å². The van der Waals surface area contributed by atoms with Gasteiger partial charge in [0.05, 0.1) is 5.69 Å². The molecular formula is C6H4BrFNO3-. The molecule has 4 nitrogen and oxygen atoms in total. The molecule has 0 radical (unpaired) electrons. The Labute approximate surface area is 75.5 Å². The average molecular weight is 237 g/mol. The van der Waals surface area contributed by atoms with E-state index in [1.807, 2.05) is 0 Å². The lowest BCUT2D eigenvalue weighted by Crippen LogP contribution is -2.14. The summed E-state index contributed by atoms with van der Waals surface area (Å²) in [5.74, 6) is -2.12. The molecule has 1 aromatic carbocycles. The van der Waals surface area contributed by atoms with Crippen LogP contribution in [0.5, 0.6) is 5.75 Å². The van der Waals surface area contributed by atoms with Crippen LogP contribution in [-0.4, -0.2) is 10.4 Å². The Morgan fingerprint density at radius 1 is 1.42 bits per heavy atom. The second kappa shape index (κ2) is 3.26. The van der Waals surface area contributed by atoms with Crippen LogP contribution in [0.15, 0.2) is 16.6 Å². The highest BCUT2D eigenvalue weighted by molar-refractivity contribution is 9.10. The smallest absolute Gasteiger partial charge is 0.118 e. The van der Waals surface area contributed by atoms with Crippen LogP contribution in [0.3, 0.4) is 0 Å². The van der Waals surface area contributed by atoms with Crippen LogP contribution >= 0.6 is 15.9 Å². The molecule has 0 saturated carbocycles. The fraction of sp³-hybridized carbons (Fsp3) is 0. The van der Waals surface area contributed by atoms with Crippen LogP contribution in [0.2, 0.25) is 0 Å². The normalized spacial score (nSPS) is 10.0. The summed E-state index contributed by atoms with van der Waals surface area (Å²) in [6.45, 7) is 0.